The van der Waals surface area contributed by atoms with E-state index in [2.05, 4.69) is 22.3 Å². The van der Waals surface area contributed by atoms with Crippen molar-refractivity contribution in [2.24, 2.45) is 5.73 Å². The van der Waals surface area contributed by atoms with Gasteiger partial charge in [0.2, 0.25) is 5.88 Å². The fraction of sp³-hybridized carbons (Fsp3) is 0.214. The molecule has 19 heavy (non-hydrogen) atoms. The molecule has 0 saturated carbocycles. The molecule has 3 aromatic rings. The van der Waals surface area contributed by atoms with E-state index in [4.69, 9.17) is 10.5 Å². The Kier molecular flexibility index (Phi) is 3.23. The molecule has 0 radical (unpaired) electrons. The molecule has 0 bridgehead atoms. The van der Waals surface area contributed by atoms with Gasteiger partial charge in [-0.15, -0.1) is 16.4 Å². The Morgan fingerprint density at radius 2 is 2.21 bits per heavy atom. The Labute approximate surface area is 115 Å². The lowest BCUT2D eigenvalue weighted by Crippen LogP contribution is -2.01. The zero-order chi connectivity index (χ0) is 13.2. The van der Waals surface area contributed by atoms with Crippen LogP contribution in [-0.2, 0) is 13.2 Å². The van der Waals surface area contributed by atoms with Gasteiger partial charge in [0.1, 0.15) is 6.61 Å². The largest absolute Gasteiger partial charge is 0.472 e. The van der Waals surface area contributed by atoms with Crippen LogP contribution in [0, 0.1) is 6.92 Å². The molecule has 5 heteroatoms. The number of nitrogens with zero attached hydrogens (tertiary/aromatic N) is 1. The summed E-state index contributed by atoms with van der Waals surface area (Å²) in [6.07, 6.45) is 0. The Balaban J connectivity index is 1.90. The van der Waals surface area contributed by atoms with Crippen LogP contribution in [-0.4, -0.2) is 10.2 Å². The molecule has 0 fully saturated rings. The first-order valence-electron chi connectivity index (χ1n) is 6.12. The molecule has 0 amide bonds. The number of benzene rings is 1. The van der Waals surface area contributed by atoms with Gasteiger partial charge in [0.05, 0.1) is 0 Å². The molecule has 0 aliphatic heterocycles. The molecule has 3 N–H and O–H groups in total. The van der Waals surface area contributed by atoms with E-state index < -0.39 is 0 Å². The summed E-state index contributed by atoms with van der Waals surface area (Å²) in [7, 11) is 0. The van der Waals surface area contributed by atoms with Gasteiger partial charge < -0.3 is 10.5 Å². The molecule has 0 saturated heterocycles. The molecule has 3 rings (SSSR count). The van der Waals surface area contributed by atoms with Gasteiger partial charge in [-0.1, -0.05) is 18.2 Å². The second-order valence-electron chi connectivity index (χ2n) is 4.38. The zero-order valence-corrected chi connectivity index (χ0v) is 11.5. The van der Waals surface area contributed by atoms with Crippen molar-refractivity contribution >= 4 is 21.4 Å². The first-order chi connectivity index (χ1) is 9.28. The van der Waals surface area contributed by atoms with E-state index in [0.717, 1.165) is 5.69 Å². The highest BCUT2D eigenvalue weighted by Crippen LogP contribution is 2.31. The third kappa shape index (κ3) is 2.34. The van der Waals surface area contributed by atoms with Crippen molar-refractivity contribution in [1.29, 1.82) is 0 Å². The molecule has 2 aromatic heterocycles. The summed E-state index contributed by atoms with van der Waals surface area (Å²) in [6.45, 7) is 2.99. The van der Waals surface area contributed by atoms with Crippen molar-refractivity contribution in [3.8, 4) is 5.88 Å². The number of ether oxygens (including phenoxy) is 1. The lowest BCUT2D eigenvalue weighted by molar-refractivity contribution is 0.294. The third-order valence-electron chi connectivity index (χ3n) is 3.01. The average Bonchev–Trinajstić information content (AvgIpc) is 2.99. The van der Waals surface area contributed by atoms with Crippen LogP contribution in [0.5, 0.6) is 5.88 Å². The molecule has 1 aromatic carbocycles. The van der Waals surface area contributed by atoms with Gasteiger partial charge in [-0.05, 0) is 18.4 Å². The Bertz CT molecular complexity index is 702. The zero-order valence-electron chi connectivity index (χ0n) is 10.6. The fourth-order valence-corrected chi connectivity index (χ4v) is 3.17. The van der Waals surface area contributed by atoms with Crippen LogP contribution in [0.4, 0.5) is 0 Å². The van der Waals surface area contributed by atoms with Crippen molar-refractivity contribution in [3.05, 3.63) is 46.5 Å². The Morgan fingerprint density at radius 3 is 2.95 bits per heavy atom. The highest BCUT2D eigenvalue weighted by molar-refractivity contribution is 7.19. The number of nitrogens with one attached hydrogen (secondary N) is 1. The summed E-state index contributed by atoms with van der Waals surface area (Å²) in [5.74, 6) is 0.621. The van der Waals surface area contributed by atoms with Crippen molar-refractivity contribution in [2.45, 2.75) is 20.1 Å². The Morgan fingerprint density at radius 1 is 1.37 bits per heavy atom. The standard InChI is InChI=1S/C14H15N3OS/c1-9-6-14(17-16-9)18-8-11-10-4-2-3-5-12(10)19-13(11)7-15/h2-6H,7-8,15H2,1H3,(H,16,17). The maximum atomic E-state index is 5.82. The first-order valence-corrected chi connectivity index (χ1v) is 6.93. The number of rotatable bonds is 4. The van der Waals surface area contributed by atoms with E-state index in [1.807, 2.05) is 25.1 Å². The minimum absolute atomic E-state index is 0.501. The van der Waals surface area contributed by atoms with E-state index in [1.165, 1.54) is 20.5 Å². The SMILES string of the molecule is Cc1cc(OCc2c(CN)sc3ccccc23)n[nH]1. The highest BCUT2D eigenvalue weighted by Gasteiger charge is 2.11. The number of nitrogens with two attached hydrogens (primary N) is 1. The van der Waals surface area contributed by atoms with Gasteiger partial charge in [-0.2, -0.15) is 0 Å². The average molecular weight is 273 g/mol. The van der Waals surface area contributed by atoms with Gasteiger partial charge in [-0.25, -0.2) is 0 Å². The van der Waals surface area contributed by atoms with Crippen molar-refractivity contribution in [1.82, 2.24) is 10.2 Å². The first kappa shape index (κ1) is 12.2. The predicted molar refractivity (Wildman–Crippen MR) is 77.4 cm³/mol. The fourth-order valence-electron chi connectivity index (χ4n) is 2.09. The quantitative estimate of drug-likeness (QED) is 0.768. The highest BCUT2D eigenvalue weighted by atomic mass is 32.1. The molecule has 0 aliphatic carbocycles. The molecule has 0 unspecified atom stereocenters. The monoisotopic (exact) mass is 273 g/mol. The number of aryl methyl sites for hydroxylation is 1. The second-order valence-corrected chi connectivity index (χ2v) is 5.52. The van der Waals surface area contributed by atoms with Crippen LogP contribution in [0.15, 0.2) is 30.3 Å². The van der Waals surface area contributed by atoms with Crippen LogP contribution in [0.2, 0.25) is 0 Å². The third-order valence-corrected chi connectivity index (χ3v) is 4.25. The summed E-state index contributed by atoms with van der Waals surface area (Å²) >= 11 is 1.73. The number of H-pyrrole nitrogens is 1. The molecule has 0 aliphatic rings. The number of aromatic amines is 1. The molecular formula is C14H15N3OS. The number of hydrogen-bond acceptors (Lipinski definition) is 4. The smallest absolute Gasteiger partial charge is 0.233 e. The molecule has 2 heterocycles. The normalized spacial score (nSPS) is 11.1. The molecule has 0 spiro atoms. The summed E-state index contributed by atoms with van der Waals surface area (Å²) in [5.41, 5.74) is 7.98. The van der Waals surface area contributed by atoms with Crippen LogP contribution in [0.3, 0.4) is 0 Å². The summed E-state index contributed by atoms with van der Waals surface area (Å²) < 4.78 is 6.98. The number of aromatic nitrogens is 2. The molecular weight excluding hydrogens is 258 g/mol. The van der Waals surface area contributed by atoms with Gasteiger partial charge in [0, 0.05) is 33.4 Å². The van der Waals surface area contributed by atoms with Crippen LogP contribution in [0.1, 0.15) is 16.1 Å². The van der Waals surface area contributed by atoms with Gasteiger partial charge in [-0.3, -0.25) is 5.10 Å². The molecule has 0 atom stereocenters. The van der Waals surface area contributed by atoms with Crippen molar-refractivity contribution in [2.75, 3.05) is 0 Å². The lowest BCUT2D eigenvalue weighted by Gasteiger charge is -2.04. The summed E-state index contributed by atoms with van der Waals surface area (Å²) in [6, 6.07) is 10.2. The van der Waals surface area contributed by atoms with E-state index in [0.29, 0.717) is 19.0 Å². The molecule has 98 valence electrons. The lowest BCUT2D eigenvalue weighted by atomic mass is 10.1. The minimum atomic E-state index is 0.501. The van der Waals surface area contributed by atoms with Gasteiger partial charge >= 0.3 is 0 Å². The van der Waals surface area contributed by atoms with E-state index in [-0.39, 0.29) is 0 Å². The van der Waals surface area contributed by atoms with Gasteiger partial charge in [0.25, 0.3) is 0 Å². The van der Waals surface area contributed by atoms with Crippen LogP contribution in [0.25, 0.3) is 10.1 Å². The maximum Gasteiger partial charge on any atom is 0.233 e. The number of hydrogen-bond donors (Lipinski definition) is 2. The molecule has 4 nitrogen and oxygen atoms in total. The summed E-state index contributed by atoms with van der Waals surface area (Å²) in [4.78, 5) is 1.17. The topological polar surface area (TPSA) is 63.9 Å². The van der Waals surface area contributed by atoms with E-state index in [1.54, 1.807) is 11.3 Å². The number of thiophene rings is 1. The van der Waals surface area contributed by atoms with E-state index >= 15 is 0 Å². The minimum Gasteiger partial charge on any atom is -0.472 e. The predicted octanol–water partition coefficient (Wildman–Crippen LogP) is 2.97. The van der Waals surface area contributed by atoms with E-state index in [9.17, 15) is 0 Å². The van der Waals surface area contributed by atoms with Crippen LogP contribution >= 0.6 is 11.3 Å². The summed E-state index contributed by atoms with van der Waals surface area (Å²) in [5, 5.41) is 8.17. The number of fused-ring (bicyclic) bond motifs is 1. The second kappa shape index (κ2) is 5.03. The maximum absolute atomic E-state index is 5.82. The Hall–Kier alpha value is -1.85. The van der Waals surface area contributed by atoms with Crippen molar-refractivity contribution in [3.63, 3.8) is 0 Å². The van der Waals surface area contributed by atoms with Crippen LogP contribution < -0.4 is 10.5 Å². The van der Waals surface area contributed by atoms with Gasteiger partial charge in [0.15, 0.2) is 0 Å². The van der Waals surface area contributed by atoms with Crippen molar-refractivity contribution < 1.29 is 4.74 Å².